The Bertz CT molecular complexity index is 148. The van der Waals surface area contributed by atoms with Crippen LogP contribution < -0.4 is 0 Å². The largest absolute Gasteiger partial charge is 0.373 e. The molecule has 0 saturated carbocycles. The Balaban J connectivity index is 2.49. The monoisotopic (exact) mass is 185 g/mol. The van der Waals surface area contributed by atoms with Gasteiger partial charge < -0.3 is 4.74 Å². The van der Waals surface area contributed by atoms with Gasteiger partial charge >= 0.3 is 0 Å². The van der Waals surface area contributed by atoms with Gasteiger partial charge in [-0.1, -0.05) is 13.8 Å². The van der Waals surface area contributed by atoms with E-state index in [1.54, 1.807) is 0 Å². The first-order chi connectivity index (χ1) is 6.00. The highest BCUT2D eigenvalue weighted by Gasteiger charge is 2.26. The van der Waals surface area contributed by atoms with Crippen LogP contribution in [-0.4, -0.2) is 36.2 Å². The predicted molar refractivity (Wildman–Crippen MR) is 55.9 cm³/mol. The van der Waals surface area contributed by atoms with E-state index >= 15 is 0 Å². The zero-order valence-corrected chi connectivity index (χ0v) is 9.58. The Labute approximate surface area is 82.3 Å². The fraction of sp³-hybridized carbons (Fsp3) is 1.00. The van der Waals surface area contributed by atoms with E-state index in [1.807, 2.05) is 0 Å². The molecule has 0 spiro atoms. The molecule has 0 aromatic carbocycles. The molecule has 2 heteroatoms. The maximum absolute atomic E-state index is 5.70. The second-order valence-corrected chi connectivity index (χ2v) is 4.70. The fourth-order valence-corrected chi connectivity index (χ4v) is 1.97. The van der Waals surface area contributed by atoms with Gasteiger partial charge in [-0.3, -0.25) is 4.90 Å². The first-order valence-electron chi connectivity index (χ1n) is 5.40. The summed E-state index contributed by atoms with van der Waals surface area (Å²) >= 11 is 0. The van der Waals surface area contributed by atoms with Gasteiger partial charge in [0.05, 0.1) is 12.2 Å². The number of hydrogen-bond donors (Lipinski definition) is 0. The van der Waals surface area contributed by atoms with Gasteiger partial charge in [0.1, 0.15) is 0 Å². The molecule has 1 heterocycles. The second kappa shape index (κ2) is 4.43. The second-order valence-electron chi connectivity index (χ2n) is 4.70. The minimum Gasteiger partial charge on any atom is -0.373 e. The Kier molecular flexibility index (Phi) is 3.74. The standard InChI is InChI=1S/C11H23NO/c1-8(2)11(5)12-6-9(3)13-10(4)7-12/h8-11H,6-7H2,1-5H3. The van der Waals surface area contributed by atoms with Gasteiger partial charge in [0, 0.05) is 19.1 Å². The summed E-state index contributed by atoms with van der Waals surface area (Å²) in [6.45, 7) is 13.4. The molecule has 1 saturated heterocycles. The summed E-state index contributed by atoms with van der Waals surface area (Å²) < 4.78 is 5.70. The van der Waals surface area contributed by atoms with Crippen LogP contribution in [-0.2, 0) is 4.74 Å². The summed E-state index contributed by atoms with van der Waals surface area (Å²) in [4.78, 5) is 2.55. The SMILES string of the molecule is CC1CN(C(C)C(C)C)CC(C)O1. The molecule has 13 heavy (non-hydrogen) atoms. The van der Waals surface area contributed by atoms with Crippen LogP contribution >= 0.6 is 0 Å². The smallest absolute Gasteiger partial charge is 0.0678 e. The van der Waals surface area contributed by atoms with Crippen molar-refractivity contribution >= 4 is 0 Å². The van der Waals surface area contributed by atoms with Crippen LogP contribution in [0.15, 0.2) is 0 Å². The molecule has 2 nitrogen and oxygen atoms in total. The Morgan fingerprint density at radius 2 is 1.54 bits per heavy atom. The summed E-state index contributed by atoms with van der Waals surface area (Å²) in [7, 11) is 0. The summed E-state index contributed by atoms with van der Waals surface area (Å²) in [6.07, 6.45) is 0.787. The maximum atomic E-state index is 5.70. The molecule has 1 aliphatic heterocycles. The van der Waals surface area contributed by atoms with Crippen LogP contribution in [0.25, 0.3) is 0 Å². The van der Waals surface area contributed by atoms with E-state index < -0.39 is 0 Å². The average Bonchev–Trinajstić information content (AvgIpc) is 2.01. The number of rotatable bonds is 2. The molecule has 0 radical (unpaired) electrons. The van der Waals surface area contributed by atoms with Crippen molar-refractivity contribution in [2.45, 2.75) is 52.9 Å². The molecule has 0 aromatic heterocycles. The van der Waals surface area contributed by atoms with Gasteiger partial charge in [0.15, 0.2) is 0 Å². The summed E-state index contributed by atoms with van der Waals surface area (Å²) in [5, 5.41) is 0. The quantitative estimate of drug-likeness (QED) is 0.653. The average molecular weight is 185 g/mol. The van der Waals surface area contributed by atoms with Gasteiger partial charge in [0.2, 0.25) is 0 Å². The third-order valence-electron chi connectivity index (χ3n) is 2.99. The van der Waals surface area contributed by atoms with E-state index in [4.69, 9.17) is 4.74 Å². The van der Waals surface area contributed by atoms with Gasteiger partial charge in [-0.15, -0.1) is 0 Å². The van der Waals surface area contributed by atoms with Crippen LogP contribution in [0.4, 0.5) is 0 Å². The minimum absolute atomic E-state index is 0.393. The minimum atomic E-state index is 0.393. The van der Waals surface area contributed by atoms with E-state index in [2.05, 4.69) is 39.5 Å². The van der Waals surface area contributed by atoms with Crippen LogP contribution in [0.3, 0.4) is 0 Å². The van der Waals surface area contributed by atoms with Crippen molar-refractivity contribution in [3.05, 3.63) is 0 Å². The summed E-state index contributed by atoms with van der Waals surface area (Å²) in [5.74, 6) is 0.734. The number of nitrogens with zero attached hydrogens (tertiary/aromatic N) is 1. The van der Waals surface area contributed by atoms with E-state index in [9.17, 15) is 0 Å². The van der Waals surface area contributed by atoms with E-state index in [0.717, 1.165) is 19.0 Å². The Hall–Kier alpha value is -0.0800. The Morgan fingerprint density at radius 1 is 1.08 bits per heavy atom. The van der Waals surface area contributed by atoms with Crippen molar-refractivity contribution in [1.82, 2.24) is 4.90 Å². The highest BCUT2D eigenvalue weighted by molar-refractivity contribution is 4.78. The highest BCUT2D eigenvalue weighted by Crippen LogP contribution is 2.17. The topological polar surface area (TPSA) is 12.5 Å². The molecule has 0 aromatic rings. The summed E-state index contributed by atoms with van der Waals surface area (Å²) in [6, 6.07) is 0.675. The highest BCUT2D eigenvalue weighted by atomic mass is 16.5. The first-order valence-corrected chi connectivity index (χ1v) is 5.40. The zero-order chi connectivity index (χ0) is 10.0. The third kappa shape index (κ3) is 2.96. The van der Waals surface area contributed by atoms with Crippen molar-refractivity contribution in [2.75, 3.05) is 13.1 Å². The first kappa shape index (κ1) is 11.0. The number of ether oxygens (including phenoxy) is 1. The predicted octanol–water partition coefficient (Wildman–Crippen LogP) is 2.14. The van der Waals surface area contributed by atoms with Crippen molar-refractivity contribution in [3.8, 4) is 0 Å². The fourth-order valence-electron chi connectivity index (χ4n) is 1.97. The molecule has 3 unspecified atom stereocenters. The Morgan fingerprint density at radius 3 is 1.92 bits per heavy atom. The van der Waals surface area contributed by atoms with Gasteiger partial charge in [-0.05, 0) is 26.7 Å². The lowest BCUT2D eigenvalue weighted by Crippen LogP contribution is -2.50. The molecule has 78 valence electrons. The molecular formula is C11H23NO. The summed E-state index contributed by atoms with van der Waals surface area (Å²) in [5.41, 5.74) is 0. The normalized spacial score (nSPS) is 33.7. The van der Waals surface area contributed by atoms with E-state index in [-0.39, 0.29) is 0 Å². The molecule has 1 aliphatic rings. The number of morpholine rings is 1. The van der Waals surface area contributed by atoms with Crippen LogP contribution in [0.1, 0.15) is 34.6 Å². The van der Waals surface area contributed by atoms with Gasteiger partial charge in [0.25, 0.3) is 0 Å². The van der Waals surface area contributed by atoms with Crippen molar-refractivity contribution < 1.29 is 4.74 Å². The molecule has 0 aliphatic carbocycles. The molecule has 0 amide bonds. The van der Waals surface area contributed by atoms with Crippen LogP contribution in [0, 0.1) is 5.92 Å². The van der Waals surface area contributed by atoms with Gasteiger partial charge in [-0.25, -0.2) is 0 Å². The molecule has 3 atom stereocenters. The molecule has 0 bridgehead atoms. The molecular weight excluding hydrogens is 162 g/mol. The third-order valence-corrected chi connectivity index (χ3v) is 2.99. The van der Waals surface area contributed by atoms with Crippen molar-refractivity contribution in [3.63, 3.8) is 0 Å². The van der Waals surface area contributed by atoms with Crippen molar-refractivity contribution in [2.24, 2.45) is 5.92 Å². The lowest BCUT2D eigenvalue weighted by Gasteiger charge is -2.40. The lowest BCUT2D eigenvalue weighted by atomic mass is 10.0. The number of hydrogen-bond acceptors (Lipinski definition) is 2. The van der Waals surface area contributed by atoms with Gasteiger partial charge in [-0.2, -0.15) is 0 Å². The van der Waals surface area contributed by atoms with Crippen molar-refractivity contribution in [1.29, 1.82) is 0 Å². The lowest BCUT2D eigenvalue weighted by molar-refractivity contribution is -0.0830. The molecule has 1 rings (SSSR count). The molecule has 1 fully saturated rings. The van der Waals surface area contributed by atoms with E-state index in [1.165, 1.54) is 0 Å². The maximum Gasteiger partial charge on any atom is 0.0678 e. The van der Waals surface area contributed by atoms with E-state index in [0.29, 0.717) is 18.2 Å². The van der Waals surface area contributed by atoms with Crippen LogP contribution in [0.2, 0.25) is 0 Å². The molecule has 0 N–H and O–H groups in total. The zero-order valence-electron chi connectivity index (χ0n) is 9.58. The van der Waals surface area contributed by atoms with Crippen LogP contribution in [0.5, 0.6) is 0 Å².